The molecule has 10 aromatic rings. The molecule has 0 unspecified atom stereocenters. The highest BCUT2D eigenvalue weighted by Crippen LogP contribution is 2.39. The molecule has 0 radical (unpaired) electrons. The van der Waals surface area contributed by atoms with Crippen LogP contribution in [0, 0.1) is 20.8 Å². The summed E-state index contributed by atoms with van der Waals surface area (Å²) < 4.78 is 0. The minimum Gasteiger partial charge on any atom is -0.354 e. The summed E-state index contributed by atoms with van der Waals surface area (Å²) in [7, 11) is 0. The quantitative estimate of drug-likeness (QED) is 0.162. The molecule has 4 nitrogen and oxygen atoms in total. The molecule has 0 saturated carbocycles. The van der Waals surface area contributed by atoms with Gasteiger partial charge in [-0.3, -0.25) is 4.98 Å². The van der Waals surface area contributed by atoms with E-state index in [0.29, 0.717) is 25.2 Å². The molecule has 0 saturated heterocycles. The van der Waals surface area contributed by atoms with E-state index in [1.807, 2.05) is 24.3 Å². The van der Waals surface area contributed by atoms with Crippen LogP contribution in [0.5, 0.6) is 0 Å². The Hall–Kier alpha value is -4.81. The lowest BCUT2D eigenvalue weighted by Gasteiger charge is -2.10. The third kappa shape index (κ3) is 6.86. The molecule has 0 amide bonds. The predicted octanol–water partition coefficient (Wildman–Crippen LogP) is 15.3. The van der Waals surface area contributed by atoms with Gasteiger partial charge in [0.25, 0.3) is 0 Å². The lowest BCUT2D eigenvalue weighted by Crippen LogP contribution is -1.90. The molecular formula is C45H31Cl5N4. The third-order valence-electron chi connectivity index (χ3n) is 9.49. The number of aromatic nitrogens is 4. The average Bonchev–Trinajstić information content (AvgIpc) is 3.70. The molecule has 0 spiro atoms. The van der Waals surface area contributed by atoms with E-state index >= 15 is 0 Å². The minimum atomic E-state index is 0.402. The van der Waals surface area contributed by atoms with E-state index in [-0.39, 0.29) is 0 Å². The normalized spacial score (nSPS) is 11.3. The lowest BCUT2D eigenvalue weighted by molar-refractivity contribution is 1.35. The first kappa shape index (κ1) is 36.2. The van der Waals surface area contributed by atoms with Gasteiger partial charge in [0, 0.05) is 76.9 Å². The van der Waals surface area contributed by atoms with E-state index in [1.54, 1.807) is 30.6 Å². The second-order valence-corrected chi connectivity index (χ2v) is 15.4. The summed E-state index contributed by atoms with van der Waals surface area (Å²) >= 11 is 30.4. The molecule has 6 aromatic carbocycles. The molecule has 0 aliphatic rings. The maximum absolute atomic E-state index is 6.55. The molecule has 54 heavy (non-hydrogen) atoms. The number of para-hydroxylation sites is 2. The number of H-pyrrole nitrogens is 2. The highest BCUT2D eigenvalue weighted by Gasteiger charge is 2.16. The highest BCUT2D eigenvalue weighted by atomic mass is 35.5. The maximum Gasteiger partial charge on any atom is 0.138 e. The molecule has 0 fully saturated rings. The van der Waals surface area contributed by atoms with E-state index in [1.165, 1.54) is 49.3 Å². The van der Waals surface area contributed by atoms with Crippen LogP contribution in [0.3, 0.4) is 0 Å². The van der Waals surface area contributed by atoms with Crippen molar-refractivity contribution >= 4 is 123 Å². The lowest BCUT2D eigenvalue weighted by atomic mass is 9.99. The fraction of sp³-hybridized carbons (Fsp3) is 0.0667. The van der Waals surface area contributed by atoms with Crippen molar-refractivity contribution in [3.63, 3.8) is 0 Å². The van der Waals surface area contributed by atoms with Crippen molar-refractivity contribution in [3.8, 4) is 11.3 Å². The number of fused-ring (bicyclic) bond motifs is 8. The van der Waals surface area contributed by atoms with Gasteiger partial charge in [0.15, 0.2) is 0 Å². The highest BCUT2D eigenvalue weighted by molar-refractivity contribution is 6.43. The van der Waals surface area contributed by atoms with E-state index in [9.17, 15) is 0 Å². The van der Waals surface area contributed by atoms with Crippen molar-refractivity contribution in [2.24, 2.45) is 0 Å². The van der Waals surface area contributed by atoms with Gasteiger partial charge in [-0.2, -0.15) is 0 Å². The van der Waals surface area contributed by atoms with Gasteiger partial charge in [-0.25, -0.2) is 4.98 Å². The van der Waals surface area contributed by atoms with Gasteiger partial charge in [-0.1, -0.05) is 106 Å². The molecule has 10 rings (SSSR count). The monoisotopic (exact) mass is 802 g/mol. The number of aromatic amines is 2. The summed E-state index contributed by atoms with van der Waals surface area (Å²) in [5, 5.41) is 11.4. The topological polar surface area (TPSA) is 57.4 Å². The zero-order valence-electron chi connectivity index (χ0n) is 29.3. The van der Waals surface area contributed by atoms with Gasteiger partial charge >= 0.3 is 0 Å². The third-order valence-corrected chi connectivity index (χ3v) is 10.8. The fourth-order valence-electron chi connectivity index (χ4n) is 7.22. The van der Waals surface area contributed by atoms with E-state index < -0.39 is 0 Å². The van der Waals surface area contributed by atoms with Crippen molar-refractivity contribution in [2.75, 3.05) is 0 Å². The summed E-state index contributed by atoms with van der Waals surface area (Å²) in [5.74, 6) is 0. The number of nitrogens with one attached hydrogen (secondary N) is 2. The molecule has 4 aromatic heterocycles. The Morgan fingerprint density at radius 3 is 1.65 bits per heavy atom. The molecule has 9 heteroatoms. The standard InChI is InChI=1S/C22H14Cl2N2.C14H13N.C9H4Cl3N/c1-12-8-16-15-4-2-3-5-19(15)26-21(16)17(9-12)22-20-13(6-7-25-22)10-14(23)11-18(20)24;1-9-7-10(2)14-12(8-9)11-5-3-4-6-13(11)15-14;10-6-3-5-1-2-13-9(12)8(5)7(11)4-6/h2-11,26H,1H3;3-8,15H,1-2H3;1-4H. The van der Waals surface area contributed by atoms with Gasteiger partial charge in [-0.05, 0) is 109 Å². The fourth-order valence-corrected chi connectivity index (χ4v) is 8.73. The molecule has 0 atom stereocenters. The van der Waals surface area contributed by atoms with E-state index in [2.05, 4.69) is 107 Å². The maximum atomic E-state index is 6.55. The number of halogens is 5. The number of hydrogen-bond acceptors (Lipinski definition) is 2. The second-order valence-electron chi connectivity index (χ2n) is 13.3. The van der Waals surface area contributed by atoms with Crippen LogP contribution in [-0.4, -0.2) is 19.9 Å². The largest absolute Gasteiger partial charge is 0.354 e. The van der Waals surface area contributed by atoms with Crippen LogP contribution in [0.2, 0.25) is 25.2 Å². The van der Waals surface area contributed by atoms with Crippen molar-refractivity contribution in [3.05, 3.63) is 164 Å². The number of rotatable bonds is 1. The molecular weight excluding hydrogens is 774 g/mol. The van der Waals surface area contributed by atoms with Crippen molar-refractivity contribution in [1.29, 1.82) is 0 Å². The smallest absolute Gasteiger partial charge is 0.138 e. The Morgan fingerprint density at radius 1 is 0.481 bits per heavy atom. The van der Waals surface area contributed by atoms with Gasteiger partial charge in [0.2, 0.25) is 0 Å². The number of nitrogens with zero attached hydrogens (tertiary/aromatic N) is 2. The zero-order valence-corrected chi connectivity index (χ0v) is 33.1. The van der Waals surface area contributed by atoms with Crippen molar-refractivity contribution < 1.29 is 0 Å². The van der Waals surface area contributed by atoms with Crippen molar-refractivity contribution in [1.82, 2.24) is 19.9 Å². The first-order chi connectivity index (χ1) is 26.0. The second kappa shape index (κ2) is 14.8. The van der Waals surface area contributed by atoms with Gasteiger partial charge in [-0.15, -0.1) is 0 Å². The molecule has 0 bridgehead atoms. The number of hydrogen-bond donors (Lipinski definition) is 2. The summed E-state index contributed by atoms with van der Waals surface area (Å²) in [6.07, 6.45) is 3.43. The SMILES string of the molecule is Cc1cc(-c2nccc3cc(Cl)cc(Cl)c23)c2[nH]c3ccccc3c2c1.Cc1cc(C)c2[nH]c3ccccc3c2c1.Clc1cc(Cl)c2c(Cl)nccc2c1. The predicted molar refractivity (Wildman–Crippen MR) is 233 cm³/mol. The number of benzene rings is 6. The Morgan fingerprint density at radius 2 is 1.00 bits per heavy atom. The Bertz CT molecular complexity index is 3050. The van der Waals surface area contributed by atoms with Crippen LogP contribution >= 0.6 is 58.0 Å². The van der Waals surface area contributed by atoms with E-state index in [4.69, 9.17) is 58.0 Å². The summed E-state index contributed by atoms with van der Waals surface area (Å²) in [5.41, 5.74) is 10.4. The Kier molecular flexibility index (Phi) is 9.91. The summed E-state index contributed by atoms with van der Waals surface area (Å²) in [6.45, 7) is 6.41. The summed E-state index contributed by atoms with van der Waals surface area (Å²) in [4.78, 5) is 15.6. The molecule has 0 aliphatic heterocycles. The average molecular weight is 805 g/mol. The van der Waals surface area contributed by atoms with Crippen LogP contribution in [0.4, 0.5) is 0 Å². The molecule has 266 valence electrons. The van der Waals surface area contributed by atoms with Crippen LogP contribution in [-0.2, 0) is 0 Å². The minimum absolute atomic E-state index is 0.402. The number of pyridine rings is 2. The van der Waals surface area contributed by atoms with Gasteiger partial charge in [0.1, 0.15) is 5.15 Å². The number of aryl methyl sites for hydroxylation is 3. The van der Waals surface area contributed by atoms with E-state index in [0.717, 1.165) is 43.8 Å². The van der Waals surface area contributed by atoms with Crippen LogP contribution in [0.1, 0.15) is 16.7 Å². The van der Waals surface area contributed by atoms with Gasteiger partial charge < -0.3 is 9.97 Å². The molecule has 4 heterocycles. The summed E-state index contributed by atoms with van der Waals surface area (Å²) in [6, 6.07) is 36.5. The van der Waals surface area contributed by atoms with Crippen LogP contribution in [0.25, 0.3) is 76.4 Å². The molecule has 2 N–H and O–H groups in total. The molecule has 0 aliphatic carbocycles. The first-order valence-electron chi connectivity index (χ1n) is 17.2. The van der Waals surface area contributed by atoms with Crippen LogP contribution < -0.4 is 0 Å². The zero-order chi connectivity index (χ0) is 37.7. The Balaban J connectivity index is 0.000000125. The van der Waals surface area contributed by atoms with Crippen molar-refractivity contribution in [2.45, 2.75) is 20.8 Å². The van der Waals surface area contributed by atoms with Crippen LogP contribution in [0.15, 0.2) is 122 Å². The Labute approximate surface area is 336 Å². The first-order valence-corrected chi connectivity index (χ1v) is 19.1. The van der Waals surface area contributed by atoms with Gasteiger partial charge in [0.05, 0.1) is 21.3 Å².